The van der Waals surface area contributed by atoms with Crippen molar-refractivity contribution < 1.29 is 4.79 Å². The molecule has 1 N–H and O–H groups in total. The Bertz CT molecular complexity index is 628. The van der Waals surface area contributed by atoms with Crippen molar-refractivity contribution in [3.63, 3.8) is 0 Å². The minimum atomic E-state index is -0.123. The Morgan fingerprint density at radius 1 is 1.05 bits per heavy atom. The number of nitrogens with zero attached hydrogens (tertiary/aromatic N) is 2. The van der Waals surface area contributed by atoms with Crippen LogP contribution in [0, 0.1) is 6.92 Å². The molecule has 2 aromatic rings. The zero-order valence-electron chi connectivity index (χ0n) is 12.5. The van der Waals surface area contributed by atoms with Gasteiger partial charge in [0.2, 0.25) is 0 Å². The van der Waals surface area contributed by atoms with Gasteiger partial charge in [-0.05, 0) is 43.3 Å². The van der Waals surface area contributed by atoms with Crippen LogP contribution >= 0.6 is 0 Å². The zero-order valence-corrected chi connectivity index (χ0v) is 12.5. The van der Waals surface area contributed by atoms with E-state index >= 15 is 0 Å². The van der Waals surface area contributed by atoms with Crippen molar-refractivity contribution in [1.82, 2.24) is 4.90 Å². The second kappa shape index (κ2) is 6.70. The second-order valence-corrected chi connectivity index (χ2v) is 5.08. The van der Waals surface area contributed by atoms with Crippen LogP contribution in [0.15, 0.2) is 53.5 Å². The van der Waals surface area contributed by atoms with Gasteiger partial charge in [-0.3, -0.25) is 4.79 Å². The first-order valence-electron chi connectivity index (χ1n) is 6.73. The fourth-order valence-corrected chi connectivity index (χ4v) is 1.72. The Balaban J connectivity index is 2.04. The average Bonchev–Trinajstić information content (AvgIpc) is 2.48. The van der Waals surface area contributed by atoms with E-state index in [1.54, 1.807) is 18.5 Å². The summed E-state index contributed by atoms with van der Waals surface area (Å²) in [5.74, 6) is -0.123. The van der Waals surface area contributed by atoms with E-state index in [-0.39, 0.29) is 5.91 Å². The number of carbonyl (C=O) groups excluding carboxylic acids is 1. The molecular weight excluding hydrogens is 262 g/mol. The summed E-state index contributed by atoms with van der Waals surface area (Å²) in [6.07, 6.45) is 1.72. The molecule has 0 aliphatic carbocycles. The summed E-state index contributed by atoms with van der Waals surface area (Å²) in [6, 6.07) is 14.9. The Labute approximate surface area is 125 Å². The molecule has 2 aromatic carbocycles. The van der Waals surface area contributed by atoms with Crippen LogP contribution in [0.4, 0.5) is 11.4 Å². The van der Waals surface area contributed by atoms with E-state index in [0.29, 0.717) is 5.56 Å². The highest BCUT2D eigenvalue weighted by Crippen LogP contribution is 2.15. The molecule has 2 rings (SSSR count). The lowest BCUT2D eigenvalue weighted by Crippen LogP contribution is -2.11. The van der Waals surface area contributed by atoms with Crippen LogP contribution in [0.1, 0.15) is 15.9 Å². The maximum atomic E-state index is 12.1. The fourth-order valence-electron chi connectivity index (χ4n) is 1.72. The van der Waals surface area contributed by atoms with E-state index < -0.39 is 0 Å². The molecule has 0 unspecified atom stereocenters. The van der Waals surface area contributed by atoms with Gasteiger partial charge in [-0.1, -0.05) is 17.7 Å². The van der Waals surface area contributed by atoms with Crippen molar-refractivity contribution in [3.05, 3.63) is 59.7 Å². The Morgan fingerprint density at radius 2 is 1.67 bits per heavy atom. The fraction of sp³-hybridized carbons (Fsp3) is 0.176. The number of rotatable bonds is 4. The van der Waals surface area contributed by atoms with E-state index in [2.05, 4.69) is 10.3 Å². The van der Waals surface area contributed by atoms with Crippen molar-refractivity contribution >= 4 is 23.6 Å². The smallest absolute Gasteiger partial charge is 0.255 e. The molecule has 0 spiro atoms. The SMILES string of the molecule is Cc1ccc(NC(=O)c2ccc(N=CN(C)C)cc2)cc1. The predicted octanol–water partition coefficient (Wildman–Crippen LogP) is 3.47. The number of aryl methyl sites for hydroxylation is 1. The van der Waals surface area contributed by atoms with E-state index in [9.17, 15) is 4.79 Å². The van der Waals surface area contributed by atoms with Crippen molar-refractivity contribution in [2.75, 3.05) is 19.4 Å². The molecule has 0 saturated heterocycles. The first kappa shape index (κ1) is 14.8. The highest BCUT2D eigenvalue weighted by molar-refractivity contribution is 6.04. The molecule has 0 bridgehead atoms. The van der Waals surface area contributed by atoms with E-state index in [4.69, 9.17) is 0 Å². The van der Waals surface area contributed by atoms with Crippen LogP contribution in [0.5, 0.6) is 0 Å². The number of nitrogens with one attached hydrogen (secondary N) is 1. The summed E-state index contributed by atoms with van der Waals surface area (Å²) in [5.41, 5.74) is 3.38. The Kier molecular flexibility index (Phi) is 4.72. The number of aliphatic imine (C=N–C) groups is 1. The van der Waals surface area contributed by atoms with Gasteiger partial charge in [-0.2, -0.15) is 0 Å². The molecule has 1 amide bonds. The summed E-state index contributed by atoms with van der Waals surface area (Å²) in [6.45, 7) is 2.01. The van der Waals surface area contributed by atoms with Crippen molar-refractivity contribution in [2.45, 2.75) is 6.92 Å². The third-order valence-electron chi connectivity index (χ3n) is 2.88. The number of anilines is 1. The van der Waals surface area contributed by atoms with Crippen LogP contribution in [-0.2, 0) is 0 Å². The predicted molar refractivity (Wildman–Crippen MR) is 87.4 cm³/mol. The minimum absolute atomic E-state index is 0.123. The van der Waals surface area contributed by atoms with Crippen LogP contribution in [0.3, 0.4) is 0 Å². The molecule has 0 heterocycles. The molecule has 0 aliphatic rings. The summed E-state index contributed by atoms with van der Waals surface area (Å²) >= 11 is 0. The number of hydrogen-bond donors (Lipinski definition) is 1. The molecule has 0 fully saturated rings. The van der Waals surface area contributed by atoms with Gasteiger partial charge >= 0.3 is 0 Å². The van der Waals surface area contributed by atoms with Gasteiger partial charge in [0.15, 0.2) is 0 Å². The largest absolute Gasteiger partial charge is 0.369 e. The molecule has 0 radical (unpaired) electrons. The number of hydrogen-bond acceptors (Lipinski definition) is 2. The van der Waals surface area contributed by atoms with Gasteiger partial charge in [0.25, 0.3) is 5.91 Å². The third-order valence-corrected chi connectivity index (χ3v) is 2.88. The van der Waals surface area contributed by atoms with Crippen LogP contribution in [0.25, 0.3) is 0 Å². The number of amides is 1. The first-order chi connectivity index (χ1) is 10.0. The van der Waals surface area contributed by atoms with Gasteiger partial charge < -0.3 is 10.2 Å². The molecule has 0 atom stereocenters. The van der Waals surface area contributed by atoms with Gasteiger partial charge in [0.05, 0.1) is 12.0 Å². The molecule has 0 aliphatic heterocycles. The van der Waals surface area contributed by atoms with Crippen LogP contribution in [-0.4, -0.2) is 31.2 Å². The number of carbonyl (C=O) groups is 1. The van der Waals surface area contributed by atoms with Crippen molar-refractivity contribution in [2.24, 2.45) is 4.99 Å². The van der Waals surface area contributed by atoms with Gasteiger partial charge in [-0.15, -0.1) is 0 Å². The van der Waals surface area contributed by atoms with E-state index in [1.165, 1.54) is 0 Å². The summed E-state index contributed by atoms with van der Waals surface area (Å²) in [7, 11) is 3.82. The van der Waals surface area contributed by atoms with E-state index in [1.807, 2.05) is 62.3 Å². The third kappa shape index (κ3) is 4.45. The lowest BCUT2D eigenvalue weighted by Gasteiger charge is -2.06. The normalized spacial score (nSPS) is 10.6. The topological polar surface area (TPSA) is 44.7 Å². The highest BCUT2D eigenvalue weighted by atomic mass is 16.1. The summed E-state index contributed by atoms with van der Waals surface area (Å²) in [4.78, 5) is 18.2. The Morgan fingerprint density at radius 3 is 2.24 bits per heavy atom. The van der Waals surface area contributed by atoms with Gasteiger partial charge in [-0.25, -0.2) is 4.99 Å². The molecule has 108 valence electrons. The van der Waals surface area contributed by atoms with Crippen molar-refractivity contribution in [3.8, 4) is 0 Å². The maximum Gasteiger partial charge on any atom is 0.255 e. The quantitative estimate of drug-likeness (QED) is 0.689. The standard InChI is InChI=1S/C17H19N3O/c1-13-4-8-16(9-5-13)19-17(21)14-6-10-15(11-7-14)18-12-20(2)3/h4-12H,1-3H3,(H,19,21). The van der Waals surface area contributed by atoms with E-state index in [0.717, 1.165) is 16.9 Å². The maximum absolute atomic E-state index is 12.1. The molecule has 21 heavy (non-hydrogen) atoms. The van der Waals surface area contributed by atoms with Gasteiger partial charge in [0.1, 0.15) is 0 Å². The highest BCUT2D eigenvalue weighted by Gasteiger charge is 2.05. The summed E-state index contributed by atoms with van der Waals surface area (Å²) in [5, 5.41) is 2.87. The molecule has 0 saturated carbocycles. The monoisotopic (exact) mass is 281 g/mol. The number of benzene rings is 2. The molecular formula is C17H19N3O. The zero-order chi connectivity index (χ0) is 15.2. The minimum Gasteiger partial charge on any atom is -0.369 e. The molecule has 0 aromatic heterocycles. The Hall–Kier alpha value is -2.62. The molecule has 4 nitrogen and oxygen atoms in total. The second-order valence-electron chi connectivity index (χ2n) is 5.08. The van der Waals surface area contributed by atoms with Crippen molar-refractivity contribution in [1.29, 1.82) is 0 Å². The lowest BCUT2D eigenvalue weighted by atomic mass is 10.2. The van der Waals surface area contributed by atoms with Crippen LogP contribution in [0.2, 0.25) is 0 Å². The first-order valence-corrected chi connectivity index (χ1v) is 6.73. The van der Waals surface area contributed by atoms with Gasteiger partial charge in [0, 0.05) is 25.3 Å². The lowest BCUT2D eigenvalue weighted by molar-refractivity contribution is 0.102. The molecule has 4 heteroatoms. The average molecular weight is 281 g/mol. The van der Waals surface area contributed by atoms with Crippen LogP contribution < -0.4 is 5.32 Å². The summed E-state index contributed by atoms with van der Waals surface area (Å²) < 4.78 is 0.